The summed E-state index contributed by atoms with van der Waals surface area (Å²) >= 11 is 1.55. The summed E-state index contributed by atoms with van der Waals surface area (Å²) in [6, 6.07) is 1.86. The van der Waals surface area contributed by atoms with Gasteiger partial charge in [0.25, 0.3) is 0 Å². The third kappa shape index (κ3) is 3.76. The Morgan fingerprint density at radius 1 is 1.42 bits per heavy atom. The number of nitrogens with one attached hydrogen (secondary N) is 2. The molecule has 0 saturated carbocycles. The van der Waals surface area contributed by atoms with Crippen LogP contribution in [0.3, 0.4) is 0 Å². The summed E-state index contributed by atoms with van der Waals surface area (Å²) in [5.74, 6) is 0.362. The fraction of sp³-hybridized carbons (Fsp3) is 0.600. The molecule has 1 fully saturated rings. The summed E-state index contributed by atoms with van der Waals surface area (Å²) in [5.41, 5.74) is -0.611. The van der Waals surface area contributed by atoms with Gasteiger partial charge in [-0.1, -0.05) is 25.2 Å². The lowest BCUT2D eigenvalue weighted by molar-refractivity contribution is -0.132. The van der Waals surface area contributed by atoms with Crippen LogP contribution in [-0.2, 0) is 16.9 Å². The number of aromatic nitrogens is 4. The summed E-state index contributed by atoms with van der Waals surface area (Å²) in [7, 11) is 0. The fourth-order valence-corrected chi connectivity index (χ4v) is 3.60. The van der Waals surface area contributed by atoms with Crippen LogP contribution in [0.15, 0.2) is 18.5 Å². The quantitative estimate of drug-likeness (QED) is 0.836. The van der Waals surface area contributed by atoms with Crippen LogP contribution in [0, 0.1) is 0 Å². The van der Waals surface area contributed by atoms with Crippen LogP contribution in [0.2, 0.25) is 0 Å². The fourth-order valence-electron chi connectivity index (χ4n) is 2.81. The number of carbonyl (C=O) groups is 1. The van der Waals surface area contributed by atoms with Crippen molar-refractivity contribution in [1.82, 2.24) is 30.6 Å². The van der Waals surface area contributed by atoms with E-state index in [1.807, 2.05) is 12.3 Å². The van der Waals surface area contributed by atoms with Gasteiger partial charge in [-0.2, -0.15) is 5.10 Å². The van der Waals surface area contributed by atoms with Crippen LogP contribution in [-0.4, -0.2) is 39.0 Å². The van der Waals surface area contributed by atoms with Gasteiger partial charge in [0, 0.05) is 18.3 Å². The van der Waals surface area contributed by atoms with E-state index in [4.69, 9.17) is 0 Å². The average molecular weight is 371 g/mol. The lowest BCUT2D eigenvalue weighted by Gasteiger charge is -2.36. The van der Waals surface area contributed by atoms with E-state index in [1.54, 1.807) is 22.2 Å². The molecule has 1 aliphatic rings. The summed E-state index contributed by atoms with van der Waals surface area (Å²) in [6.45, 7) is 6.21. The predicted molar refractivity (Wildman–Crippen MR) is 95.4 cm³/mol. The third-order valence-corrected chi connectivity index (χ3v) is 5.40. The Morgan fingerprint density at radius 3 is 2.75 bits per heavy atom. The molecule has 0 aliphatic carbocycles. The van der Waals surface area contributed by atoms with Crippen molar-refractivity contribution in [1.29, 1.82) is 0 Å². The van der Waals surface area contributed by atoms with Crippen molar-refractivity contribution in [3.63, 3.8) is 0 Å². The Morgan fingerprint density at radius 2 is 2.17 bits per heavy atom. The van der Waals surface area contributed by atoms with Crippen LogP contribution in [0.1, 0.15) is 42.6 Å². The van der Waals surface area contributed by atoms with E-state index in [2.05, 4.69) is 39.8 Å². The number of rotatable bonds is 5. The van der Waals surface area contributed by atoms with E-state index in [-0.39, 0.29) is 18.3 Å². The zero-order chi connectivity index (χ0) is 16.3. The van der Waals surface area contributed by atoms with Gasteiger partial charge in [-0.15, -0.1) is 22.6 Å². The van der Waals surface area contributed by atoms with E-state index in [0.717, 1.165) is 35.9 Å². The van der Waals surface area contributed by atoms with Crippen LogP contribution in [0.25, 0.3) is 0 Å². The number of nitrogens with zero attached hydrogens (tertiary/aromatic N) is 4. The number of amides is 1. The second kappa shape index (κ2) is 8.04. The van der Waals surface area contributed by atoms with Gasteiger partial charge in [0.15, 0.2) is 0 Å². The number of hydrogen-bond donors (Lipinski definition) is 2. The number of halogens is 1. The Balaban J connectivity index is 0.00000208. The van der Waals surface area contributed by atoms with E-state index in [0.29, 0.717) is 12.5 Å². The number of piperidine rings is 1. The lowest BCUT2D eigenvalue weighted by atomic mass is 9.87. The Kier molecular flexibility index (Phi) is 6.31. The second-order valence-corrected chi connectivity index (χ2v) is 7.20. The van der Waals surface area contributed by atoms with Crippen molar-refractivity contribution in [2.75, 3.05) is 13.1 Å². The first kappa shape index (κ1) is 18.8. The molecule has 9 heteroatoms. The molecule has 3 heterocycles. The Bertz CT molecular complexity index is 651. The van der Waals surface area contributed by atoms with Crippen molar-refractivity contribution in [2.24, 2.45) is 0 Å². The molecule has 132 valence electrons. The van der Waals surface area contributed by atoms with Crippen molar-refractivity contribution in [3.8, 4) is 0 Å². The number of carbonyl (C=O) groups excluding carboxylic acids is 1. The van der Waals surface area contributed by atoms with Gasteiger partial charge < -0.3 is 10.6 Å². The highest BCUT2D eigenvalue weighted by molar-refractivity contribution is 7.11. The van der Waals surface area contributed by atoms with E-state index in [1.165, 1.54) is 0 Å². The number of hydrogen-bond acceptors (Lipinski definition) is 6. The van der Waals surface area contributed by atoms with Crippen molar-refractivity contribution in [2.45, 2.75) is 44.7 Å². The monoisotopic (exact) mass is 370 g/mol. The van der Waals surface area contributed by atoms with Crippen LogP contribution < -0.4 is 10.6 Å². The van der Waals surface area contributed by atoms with Gasteiger partial charge in [0.05, 0.1) is 6.54 Å². The first-order valence-corrected chi connectivity index (χ1v) is 8.75. The molecule has 3 rings (SSSR count). The molecule has 0 spiro atoms. The molecule has 0 radical (unpaired) electrons. The molecule has 2 aromatic rings. The first-order valence-electron chi connectivity index (χ1n) is 7.93. The first-order chi connectivity index (χ1) is 11.1. The van der Waals surface area contributed by atoms with Gasteiger partial charge in [0.2, 0.25) is 5.91 Å². The zero-order valence-electron chi connectivity index (χ0n) is 13.9. The van der Waals surface area contributed by atoms with Gasteiger partial charge >= 0.3 is 0 Å². The minimum Gasteiger partial charge on any atom is -0.347 e. The minimum absolute atomic E-state index is 0. The molecular weight excluding hydrogens is 348 g/mol. The Hall–Kier alpha value is -1.51. The highest BCUT2D eigenvalue weighted by Gasteiger charge is 2.41. The van der Waals surface area contributed by atoms with Gasteiger partial charge in [0.1, 0.15) is 15.6 Å². The second-order valence-electron chi connectivity index (χ2n) is 6.10. The molecule has 1 aliphatic heterocycles. The standard InChI is InChI=1S/C15H22N6OS.ClH/c1-11(2)13-20-19-12(23-13)10-17-14(22)15(4-7-16-8-5-15)21-9-3-6-18-21;/h3,6,9,11,16H,4-5,7-8,10H2,1-2H3,(H,17,22);1H. The smallest absolute Gasteiger partial charge is 0.248 e. The molecule has 0 bridgehead atoms. The van der Waals surface area contributed by atoms with Crippen molar-refractivity contribution >= 4 is 29.7 Å². The highest BCUT2D eigenvalue weighted by atomic mass is 35.5. The molecule has 0 unspecified atom stereocenters. The maximum atomic E-state index is 12.9. The summed E-state index contributed by atoms with van der Waals surface area (Å²) < 4.78 is 1.79. The molecule has 7 nitrogen and oxygen atoms in total. The SMILES string of the molecule is CC(C)c1nnc(CNC(=O)C2(n3cccn3)CCNCC2)s1.Cl. The van der Waals surface area contributed by atoms with Gasteiger partial charge in [-0.05, 0) is 32.0 Å². The van der Waals surface area contributed by atoms with E-state index in [9.17, 15) is 4.79 Å². The van der Waals surface area contributed by atoms with Crippen LogP contribution in [0.4, 0.5) is 0 Å². The van der Waals surface area contributed by atoms with E-state index < -0.39 is 5.54 Å². The largest absolute Gasteiger partial charge is 0.347 e. The van der Waals surface area contributed by atoms with Crippen molar-refractivity contribution in [3.05, 3.63) is 28.5 Å². The van der Waals surface area contributed by atoms with Crippen LogP contribution >= 0.6 is 23.7 Å². The molecule has 0 aromatic carbocycles. The highest BCUT2D eigenvalue weighted by Crippen LogP contribution is 2.27. The molecule has 0 atom stereocenters. The van der Waals surface area contributed by atoms with Gasteiger partial charge in [-0.3, -0.25) is 9.48 Å². The molecular formula is C15H23ClN6OS. The maximum Gasteiger partial charge on any atom is 0.248 e. The molecule has 2 N–H and O–H groups in total. The van der Waals surface area contributed by atoms with Gasteiger partial charge in [-0.25, -0.2) is 0 Å². The summed E-state index contributed by atoms with van der Waals surface area (Å²) in [4.78, 5) is 12.9. The van der Waals surface area contributed by atoms with E-state index >= 15 is 0 Å². The molecule has 1 amide bonds. The molecule has 1 saturated heterocycles. The lowest BCUT2D eigenvalue weighted by Crippen LogP contribution is -2.54. The molecule has 2 aromatic heterocycles. The predicted octanol–water partition coefficient (Wildman–Crippen LogP) is 1.67. The maximum absolute atomic E-state index is 12.9. The summed E-state index contributed by atoms with van der Waals surface area (Å²) in [6.07, 6.45) is 5.05. The molecule has 24 heavy (non-hydrogen) atoms. The minimum atomic E-state index is -0.611. The van der Waals surface area contributed by atoms with Crippen LogP contribution in [0.5, 0.6) is 0 Å². The normalized spacial score (nSPS) is 16.6. The zero-order valence-corrected chi connectivity index (χ0v) is 15.5. The average Bonchev–Trinajstić information content (AvgIpc) is 3.25. The Labute approximate surface area is 151 Å². The summed E-state index contributed by atoms with van der Waals surface area (Å²) in [5, 5.41) is 20.8. The third-order valence-electron chi connectivity index (χ3n) is 4.17. The topological polar surface area (TPSA) is 84.7 Å². The van der Waals surface area contributed by atoms with Crippen molar-refractivity contribution < 1.29 is 4.79 Å².